The molecule has 2 saturated carbocycles. The van der Waals surface area contributed by atoms with E-state index in [1.807, 2.05) is 35.1 Å². The molecule has 3 heterocycles. The molecule has 6 rings (SSSR count). The van der Waals surface area contributed by atoms with Crippen molar-refractivity contribution in [1.82, 2.24) is 29.7 Å². The summed E-state index contributed by atoms with van der Waals surface area (Å²) in [6.45, 7) is 0.454. The lowest BCUT2D eigenvalue weighted by Gasteiger charge is -2.28. The standard InChI is InChI=1S/C22H23F2N7/c23-22(24)9-7-14(8-10-22)31-21-19(25-11-17(29-21)13-5-6-13)20(30-31)26-12-18-27-15-3-1-2-4-16(15)28-18/h1-4,11,13-14H,5-10,12H2,(H,26,30)(H,27,28). The highest BCUT2D eigenvalue weighted by Gasteiger charge is 2.37. The van der Waals surface area contributed by atoms with E-state index in [9.17, 15) is 8.78 Å². The lowest BCUT2D eigenvalue weighted by molar-refractivity contribution is -0.0446. The fourth-order valence-corrected chi connectivity index (χ4v) is 4.40. The van der Waals surface area contributed by atoms with Gasteiger partial charge in [-0.05, 0) is 37.8 Å². The van der Waals surface area contributed by atoms with Gasteiger partial charge in [-0.15, -0.1) is 0 Å². The number of anilines is 1. The Hall–Kier alpha value is -3.10. The first-order valence-electron chi connectivity index (χ1n) is 10.9. The second-order valence-corrected chi connectivity index (χ2v) is 8.68. The number of halogens is 2. The molecular formula is C22H23F2N7. The van der Waals surface area contributed by atoms with Crippen LogP contribution in [0.2, 0.25) is 0 Å². The molecule has 0 amide bonds. The average molecular weight is 423 g/mol. The Bertz CT molecular complexity index is 1210. The van der Waals surface area contributed by atoms with E-state index in [-0.39, 0.29) is 18.9 Å². The van der Waals surface area contributed by atoms with Gasteiger partial charge in [0.25, 0.3) is 0 Å². The second-order valence-electron chi connectivity index (χ2n) is 8.68. The van der Waals surface area contributed by atoms with Crippen LogP contribution in [0.3, 0.4) is 0 Å². The molecule has 2 N–H and O–H groups in total. The number of fused-ring (bicyclic) bond motifs is 2. The molecular weight excluding hydrogens is 400 g/mol. The third kappa shape index (κ3) is 3.51. The monoisotopic (exact) mass is 423 g/mol. The highest BCUT2D eigenvalue weighted by atomic mass is 19.3. The molecule has 2 aliphatic rings. The Morgan fingerprint density at radius 2 is 1.90 bits per heavy atom. The van der Waals surface area contributed by atoms with E-state index >= 15 is 0 Å². The lowest BCUT2D eigenvalue weighted by atomic mass is 9.92. The molecule has 0 unspecified atom stereocenters. The molecule has 0 bridgehead atoms. The van der Waals surface area contributed by atoms with Gasteiger partial charge in [0.05, 0.1) is 29.3 Å². The van der Waals surface area contributed by atoms with E-state index in [2.05, 4.69) is 20.3 Å². The maximum atomic E-state index is 13.7. The summed E-state index contributed by atoms with van der Waals surface area (Å²) >= 11 is 0. The molecule has 31 heavy (non-hydrogen) atoms. The number of alkyl halides is 2. The van der Waals surface area contributed by atoms with Crippen molar-refractivity contribution < 1.29 is 8.78 Å². The average Bonchev–Trinajstić information content (AvgIpc) is 3.44. The zero-order chi connectivity index (χ0) is 21.0. The third-order valence-electron chi connectivity index (χ3n) is 6.31. The van der Waals surface area contributed by atoms with Gasteiger partial charge in [0.15, 0.2) is 17.0 Å². The Morgan fingerprint density at radius 1 is 1.10 bits per heavy atom. The predicted octanol–water partition coefficient (Wildman–Crippen LogP) is 4.94. The van der Waals surface area contributed by atoms with Gasteiger partial charge in [0.1, 0.15) is 5.82 Å². The smallest absolute Gasteiger partial charge is 0.248 e. The molecule has 0 radical (unpaired) electrons. The summed E-state index contributed by atoms with van der Waals surface area (Å²) in [5.74, 6) is -0.707. The number of para-hydroxylation sites is 2. The van der Waals surface area contributed by atoms with Gasteiger partial charge in [0.2, 0.25) is 5.92 Å². The van der Waals surface area contributed by atoms with Crippen molar-refractivity contribution in [1.29, 1.82) is 0 Å². The minimum absolute atomic E-state index is 0.0902. The Labute approximate surface area is 177 Å². The number of aromatic nitrogens is 6. The van der Waals surface area contributed by atoms with Crippen LogP contribution in [-0.4, -0.2) is 35.6 Å². The molecule has 2 fully saturated rings. The number of nitrogens with zero attached hydrogens (tertiary/aromatic N) is 5. The number of aromatic amines is 1. The summed E-state index contributed by atoms with van der Waals surface area (Å²) in [5.41, 5.74) is 4.22. The van der Waals surface area contributed by atoms with Crippen LogP contribution in [0, 0.1) is 0 Å². The van der Waals surface area contributed by atoms with Crippen LogP contribution in [0.5, 0.6) is 0 Å². The molecule has 4 aromatic rings. The summed E-state index contributed by atoms with van der Waals surface area (Å²) in [5, 5.41) is 8.07. The minimum atomic E-state index is -2.58. The first-order chi connectivity index (χ1) is 15.1. The van der Waals surface area contributed by atoms with Crippen molar-refractivity contribution >= 4 is 28.0 Å². The highest BCUT2D eigenvalue weighted by molar-refractivity contribution is 5.83. The molecule has 160 valence electrons. The van der Waals surface area contributed by atoms with Crippen LogP contribution < -0.4 is 5.32 Å². The minimum Gasteiger partial charge on any atom is -0.360 e. The number of imidazole rings is 1. The zero-order valence-electron chi connectivity index (χ0n) is 17.0. The van der Waals surface area contributed by atoms with Crippen molar-refractivity contribution in [3.05, 3.63) is 42.0 Å². The van der Waals surface area contributed by atoms with Crippen molar-refractivity contribution in [2.75, 3.05) is 5.32 Å². The first-order valence-corrected chi connectivity index (χ1v) is 10.9. The maximum absolute atomic E-state index is 13.7. The van der Waals surface area contributed by atoms with E-state index in [1.54, 1.807) is 0 Å². The lowest BCUT2D eigenvalue weighted by Crippen LogP contribution is -2.27. The van der Waals surface area contributed by atoms with Crippen molar-refractivity contribution in [3.8, 4) is 0 Å². The van der Waals surface area contributed by atoms with E-state index in [4.69, 9.17) is 10.1 Å². The van der Waals surface area contributed by atoms with Gasteiger partial charge < -0.3 is 10.3 Å². The molecule has 9 heteroatoms. The van der Waals surface area contributed by atoms with Gasteiger partial charge in [0, 0.05) is 25.0 Å². The van der Waals surface area contributed by atoms with Gasteiger partial charge in [-0.25, -0.2) is 28.4 Å². The van der Waals surface area contributed by atoms with Gasteiger partial charge in [-0.2, -0.15) is 5.10 Å². The Kier molecular flexibility index (Phi) is 4.19. The molecule has 0 saturated heterocycles. The largest absolute Gasteiger partial charge is 0.360 e. The fraction of sp³-hybridized carbons (Fsp3) is 0.455. The van der Waals surface area contributed by atoms with E-state index < -0.39 is 5.92 Å². The number of H-pyrrole nitrogens is 1. The molecule has 0 aliphatic heterocycles. The summed E-state index contributed by atoms with van der Waals surface area (Å²) in [6.07, 6.45) is 4.63. The molecule has 1 aromatic carbocycles. The van der Waals surface area contributed by atoms with Gasteiger partial charge in [-0.3, -0.25) is 0 Å². The molecule has 7 nitrogen and oxygen atoms in total. The van der Waals surface area contributed by atoms with E-state index in [0.29, 0.717) is 42.3 Å². The van der Waals surface area contributed by atoms with Gasteiger partial charge >= 0.3 is 0 Å². The Morgan fingerprint density at radius 3 is 2.68 bits per heavy atom. The van der Waals surface area contributed by atoms with Crippen LogP contribution in [-0.2, 0) is 6.54 Å². The van der Waals surface area contributed by atoms with Gasteiger partial charge in [-0.1, -0.05) is 12.1 Å². The molecule has 3 aromatic heterocycles. The maximum Gasteiger partial charge on any atom is 0.248 e. The second kappa shape index (κ2) is 6.96. The van der Waals surface area contributed by atoms with Crippen LogP contribution in [0.15, 0.2) is 30.5 Å². The van der Waals surface area contributed by atoms with Crippen LogP contribution in [0.4, 0.5) is 14.6 Å². The summed E-state index contributed by atoms with van der Waals surface area (Å²) in [4.78, 5) is 17.4. The van der Waals surface area contributed by atoms with Crippen molar-refractivity contribution in [2.24, 2.45) is 0 Å². The summed E-state index contributed by atoms with van der Waals surface area (Å²) < 4.78 is 29.2. The molecule has 0 atom stereocenters. The summed E-state index contributed by atoms with van der Waals surface area (Å²) in [6, 6.07) is 7.78. The predicted molar refractivity (Wildman–Crippen MR) is 113 cm³/mol. The third-order valence-corrected chi connectivity index (χ3v) is 6.31. The zero-order valence-corrected chi connectivity index (χ0v) is 17.0. The van der Waals surface area contributed by atoms with E-state index in [0.717, 1.165) is 35.4 Å². The first kappa shape index (κ1) is 18.7. The molecule has 0 spiro atoms. The summed E-state index contributed by atoms with van der Waals surface area (Å²) in [7, 11) is 0. The quantitative estimate of drug-likeness (QED) is 0.475. The van der Waals surface area contributed by atoms with Crippen LogP contribution >= 0.6 is 0 Å². The molecule has 2 aliphatic carbocycles. The fourth-order valence-electron chi connectivity index (χ4n) is 4.40. The highest BCUT2D eigenvalue weighted by Crippen LogP contribution is 2.41. The van der Waals surface area contributed by atoms with Crippen molar-refractivity contribution in [3.63, 3.8) is 0 Å². The van der Waals surface area contributed by atoms with Crippen LogP contribution in [0.25, 0.3) is 22.2 Å². The van der Waals surface area contributed by atoms with E-state index in [1.165, 1.54) is 0 Å². The topological polar surface area (TPSA) is 84.3 Å². The Balaban J connectivity index is 1.32. The number of hydrogen-bond acceptors (Lipinski definition) is 5. The SMILES string of the molecule is FC1(F)CCC(n2nc(NCc3nc4ccccc4[nH]3)c3ncc(C4CC4)nc32)CC1. The number of nitrogens with one attached hydrogen (secondary N) is 2. The number of rotatable bonds is 5. The number of hydrogen-bond donors (Lipinski definition) is 2. The van der Waals surface area contributed by atoms with Crippen LogP contribution in [0.1, 0.15) is 62.0 Å². The number of benzene rings is 1. The van der Waals surface area contributed by atoms with Crippen molar-refractivity contribution in [2.45, 2.75) is 63.0 Å². The normalized spacial score (nSPS) is 19.3.